The molecule has 0 fully saturated rings. The number of benzene rings is 1. The standard InChI is InChI=1S/C16H21N3O2/c1-17-11-13-5-4-6-16(19-13)18-10-12-7-8-14(20-2)9-15(12)21-3/h4-9,17H,10-11H2,1-3H3,(H,18,19). The van der Waals surface area contributed by atoms with Crippen LogP contribution in [0.5, 0.6) is 11.5 Å². The number of pyridine rings is 1. The van der Waals surface area contributed by atoms with Crippen molar-refractivity contribution >= 4 is 5.82 Å². The molecular formula is C16H21N3O2. The van der Waals surface area contributed by atoms with Crippen molar-refractivity contribution in [3.63, 3.8) is 0 Å². The highest BCUT2D eigenvalue weighted by Gasteiger charge is 2.05. The van der Waals surface area contributed by atoms with E-state index in [-0.39, 0.29) is 0 Å². The number of nitrogens with one attached hydrogen (secondary N) is 2. The molecule has 0 spiro atoms. The molecule has 1 heterocycles. The number of anilines is 1. The molecule has 0 aliphatic rings. The second kappa shape index (κ2) is 7.50. The topological polar surface area (TPSA) is 55.4 Å². The van der Waals surface area contributed by atoms with Crippen molar-refractivity contribution in [1.29, 1.82) is 0 Å². The summed E-state index contributed by atoms with van der Waals surface area (Å²) in [5.74, 6) is 2.43. The van der Waals surface area contributed by atoms with Gasteiger partial charge in [0.2, 0.25) is 0 Å². The van der Waals surface area contributed by atoms with Crippen LogP contribution in [0.1, 0.15) is 11.3 Å². The lowest BCUT2D eigenvalue weighted by Crippen LogP contribution is -2.09. The number of rotatable bonds is 7. The van der Waals surface area contributed by atoms with Gasteiger partial charge in [-0.25, -0.2) is 4.98 Å². The van der Waals surface area contributed by atoms with E-state index in [1.165, 1.54) is 0 Å². The summed E-state index contributed by atoms with van der Waals surface area (Å²) in [4.78, 5) is 4.53. The Morgan fingerprint density at radius 3 is 2.62 bits per heavy atom. The fraction of sp³-hybridized carbons (Fsp3) is 0.312. The van der Waals surface area contributed by atoms with Crippen LogP contribution in [0.3, 0.4) is 0 Å². The number of aromatic nitrogens is 1. The minimum Gasteiger partial charge on any atom is -0.497 e. The Morgan fingerprint density at radius 2 is 1.90 bits per heavy atom. The van der Waals surface area contributed by atoms with Crippen LogP contribution in [0.15, 0.2) is 36.4 Å². The quantitative estimate of drug-likeness (QED) is 0.819. The van der Waals surface area contributed by atoms with Crippen molar-refractivity contribution in [2.75, 3.05) is 26.6 Å². The van der Waals surface area contributed by atoms with E-state index in [1.807, 2.05) is 43.4 Å². The summed E-state index contributed by atoms with van der Waals surface area (Å²) in [6.07, 6.45) is 0. The first kappa shape index (κ1) is 15.1. The molecule has 2 aromatic rings. The Morgan fingerprint density at radius 1 is 1.05 bits per heavy atom. The summed E-state index contributed by atoms with van der Waals surface area (Å²) in [5, 5.41) is 6.40. The van der Waals surface area contributed by atoms with Crippen LogP contribution in [0, 0.1) is 0 Å². The zero-order chi connectivity index (χ0) is 15.1. The lowest BCUT2D eigenvalue weighted by molar-refractivity contribution is 0.391. The SMILES string of the molecule is CNCc1cccc(NCc2ccc(OC)cc2OC)n1. The molecule has 112 valence electrons. The van der Waals surface area contributed by atoms with E-state index in [2.05, 4.69) is 15.6 Å². The molecular weight excluding hydrogens is 266 g/mol. The highest BCUT2D eigenvalue weighted by molar-refractivity contribution is 5.44. The van der Waals surface area contributed by atoms with Crippen molar-refractivity contribution in [3.05, 3.63) is 47.7 Å². The summed E-state index contributed by atoms with van der Waals surface area (Å²) >= 11 is 0. The summed E-state index contributed by atoms with van der Waals surface area (Å²) in [6, 6.07) is 11.7. The van der Waals surface area contributed by atoms with Crippen LogP contribution >= 0.6 is 0 Å². The van der Waals surface area contributed by atoms with Gasteiger partial charge in [0.15, 0.2) is 0 Å². The average molecular weight is 287 g/mol. The Kier molecular flexibility index (Phi) is 5.40. The number of ether oxygens (including phenoxy) is 2. The summed E-state index contributed by atoms with van der Waals surface area (Å²) in [5.41, 5.74) is 2.06. The van der Waals surface area contributed by atoms with Gasteiger partial charge in [-0.05, 0) is 31.3 Å². The van der Waals surface area contributed by atoms with Crippen molar-refractivity contribution in [3.8, 4) is 11.5 Å². The first-order chi connectivity index (χ1) is 10.3. The van der Waals surface area contributed by atoms with E-state index in [1.54, 1.807) is 14.2 Å². The summed E-state index contributed by atoms with van der Waals surface area (Å²) in [6.45, 7) is 1.39. The van der Waals surface area contributed by atoms with E-state index >= 15 is 0 Å². The van der Waals surface area contributed by atoms with Crippen molar-refractivity contribution in [2.24, 2.45) is 0 Å². The third-order valence-corrected chi connectivity index (χ3v) is 3.12. The van der Waals surface area contributed by atoms with E-state index < -0.39 is 0 Å². The zero-order valence-corrected chi connectivity index (χ0v) is 12.6. The van der Waals surface area contributed by atoms with Gasteiger partial charge >= 0.3 is 0 Å². The number of methoxy groups -OCH3 is 2. The van der Waals surface area contributed by atoms with Gasteiger partial charge in [0, 0.05) is 24.7 Å². The molecule has 21 heavy (non-hydrogen) atoms. The van der Waals surface area contributed by atoms with Crippen LogP contribution < -0.4 is 20.1 Å². The first-order valence-corrected chi connectivity index (χ1v) is 6.82. The molecule has 2 N–H and O–H groups in total. The number of hydrogen-bond donors (Lipinski definition) is 2. The molecule has 0 atom stereocenters. The molecule has 0 unspecified atom stereocenters. The van der Waals surface area contributed by atoms with Crippen LogP contribution in [0.4, 0.5) is 5.82 Å². The monoisotopic (exact) mass is 287 g/mol. The van der Waals surface area contributed by atoms with E-state index in [0.717, 1.165) is 35.1 Å². The van der Waals surface area contributed by atoms with E-state index in [4.69, 9.17) is 9.47 Å². The van der Waals surface area contributed by atoms with Gasteiger partial charge in [-0.2, -0.15) is 0 Å². The minimum atomic E-state index is 0.642. The predicted octanol–water partition coefficient (Wildman–Crippen LogP) is 2.43. The molecule has 1 aromatic carbocycles. The number of nitrogens with zero attached hydrogens (tertiary/aromatic N) is 1. The molecule has 0 saturated heterocycles. The third kappa shape index (κ3) is 4.10. The molecule has 2 rings (SSSR count). The van der Waals surface area contributed by atoms with Gasteiger partial charge in [-0.15, -0.1) is 0 Å². The van der Waals surface area contributed by atoms with Gasteiger partial charge in [-0.3, -0.25) is 0 Å². The average Bonchev–Trinajstić information content (AvgIpc) is 2.53. The lowest BCUT2D eigenvalue weighted by atomic mass is 10.2. The van der Waals surface area contributed by atoms with Crippen LogP contribution in [-0.4, -0.2) is 26.3 Å². The highest BCUT2D eigenvalue weighted by atomic mass is 16.5. The Balaban J connectivity index is 2.07. The van der Waals surface area contributed by atoms with Gasteiger partial charge in [0.05, 0.1) is 19.9 Å². The van der Waals surface area contributed by atoms with Gasteiger partial charge in [0.25, 0.3) is 0 Å². The Hall–Kier alpha value is -2.27. The molecule has 5 heteroatoms. The first-order valence-electron chi connectivity index (χ1n) is 6.82. The van der Waals surface area contributed by atoms with Gasteiger partial charge < -0.3 is 20.1 Å². The van der Waals surface area contributed by atoms with Gasteiger partial charge in [-0.1, -0.05) is 6.07 Å². The maximum atomic E-state index is 5.39. The van der Waals surface area contributed by atoms with Crippen molar-refractivity contribution in [1.82, 2.24) is 10.3 Å². The molecule has 0 aliphatic carbocycles. The van der Waals surface area contributed by atoms with Crippen LogP contribution in [-0.2, 0) is 13.1 Å². The predicted molar refractivity (Wildman–Crippen MR) is 83.9 cm³/mol. The molecule has 0 amide bonds. The Labute approximate surface area is 125 Å². The molecule has 0 aliphatic heterocycles. The summed E-state index contributed by atoms with van der Waals surface area (Å²) in [7, 11) is 5.21. The fourth-order valence-electron chi connectivity index (χ4n) is 2.04. The highest BCUT2D eigenvalue weighted by Crippen LogP contribution is 2.25. The minimum absolute atomic E-state index is 0.642. The number of hydrogen-bond acceptors (Lipinski definition) is 5. The Bertz CT molecular complexity index is 587. The van der Waals surface area contributed by atoms with Crippen LogP contribution in [0.25, 0.3) is 0 Å². The smallest absolute Gasteiger partial charge is 0.127 e. The maximum absolute atomic E-state index is 5.39. The second-order valence-corrected chi connectivity index (χ2v) is 4.58. The third-order valence-electron chi connectivity index (χ3n) is 3.12. The van der Waals surface area contributed by atoms with Crippen molar-refractivity contribution < 1.29 is 9.47 Å². The van der Waals surface area contributed by atoms with Crippen molar-refractivity contribution in [2.45, 2.75) is 13.1 Å². The van der Waals surface area contributed by atoms with Crippen LogP contribution in [0.2, 0.25) is 0 Å². The summed E-state index contributed by atoms with van der Waals surface area (Å²) < 4.78 is 10.6. The largest absolute Gasteiger partial charge is 0.497 e. The molecule has 0 radical (unpaired) electrons. The van der Waals surface area contributed by atoms with Gasteiger partial charge in [0.1, 0.15) is 17.3 Å². The lowest BCUT2D eigenvalue weighted by Gasteiger charge is -2.12. The zero-order valence-electron chi connectivity index (χ0n) is 12.6. The van der Waals surface area contributed by atoms with E-state index in [0.29, 0.717) is 6.54 Å². The fourth-order valence-corrected chi connectivity index (χ4v) is 2.04. The molecule has 0 saturated carbocycles. The maximum Gasteiger partial charge on any atom is 0.127 e. The second-order valence-electron chi connectivity index (χ2n) is 4.58. The van der Waals surface area contributed by atoms with E-state index in [9.17, 15) is 0 Å². The molecule has 5 nitrogen and oxygen atoms in total. The molecule has 1 aromatic heterocycles. The normalized spacial score (nSPS) is 10.2. The molecule has 0 bridgehead atoms.